The highest BCUT2D eigenvalue weighted by atomic mass is 19.4. The average molecular weight is 278 g/mol. The molecule has 0 saturated carbocycles. The lowest BCUT2D eigenvalue weighted by Crippen LogP contribution is -2.56. The third-order valence-electron chi connectivity index (χ3n) is 4.50. The van der Waals surface area contributed by atoms with Crippen molar-refractivity contribution in [2.75, 3.05) is 13.1 Å². The Morgan fingerprint density at radius 3 is 2.32 bits per heavy atom. The van der Waals surface area contributed by atoms with Gasteiger partial charge in [0, 0.05) is 24.5 Å². The van der Waals surface area contributed by atoms with Gasteiger partial charge in [-0.2, -0.15) is 13.2 Å². The SMILES string of the molecule is CCNC1CC2CCCC(C1)N2CCCC(F)(F)F. The molecule has 0 amide bonds. The van der Waals surface area contributed by atoms with Gasteiger partial charge in [-0.15, -0.1) is 0 Å². The molecule has 19 heavy (non-hydrogen) atoms. The molecule has 2 atom stereocenters. The van der Waals surface area contributed by atoms with Gasteiger partial charge in [0.2, 0.25) is 0 Å². The third kappa shape index (κ3) is 4.35. The molecule has 2 fully saturated rings. The first-order chi connectivity index (χ1) is 8.99. The summed E-state index contributed by atoms with van der Waals surface area (Å²) in [7, 11) is 0. The van der Waals surface area contributed by atoms with E-state index in [1.54, 1.807) is 0 Å². The number of hydrogen-bond donors (Lipinski definition) is 1. The lowest BCUT2D eigenvalue weighted by molar-refractivity contribution is -0.137. The van der Waals surface area contributed by atoms with Crippen LogP contribution in [-0.2, 0) is 0 Å². The summed E-state index contributed by atoms with van der Waals surface area (Å²) in [5, 5.41) is 3.51. The average Bonchev–Trinajstić information content (AvgIpc) is 2.28. The Bertz CT molecular complexity index is 266. The molecule has 2 aliphatic rings. The van der Waals surface area contributed by atoms with Gasteiger partial charge in [-0.3, -0.25) is 4.90 Å². The molecule has 0 aliphatic carbocycles. The summed E-state index contributed by atoms with van der Waals surface area (Å²) in [5.41, 5.74) is 0. The molecule has 2 heterocycles. The van der Waals surface area contributed by atoms with Gasteiger partial charge in [-0.25, -0.2) is 0 Å². The van der Waals surface area contributed by atoms with Crippen LogP contribution in [0.5, 0.6) is 0 Å². The second kappa shape index (κ2) is 6.44. The van der Waals surface area contributed by atoms with Gasteiger partial charge in [0.1, 0.15) is 0 Å². The molecular weight excluding hydrogens is 253 g/mol. The predicted octanol–water partition coefficient (Wildman–Crippen LogP) is 3.32. The van der Waals surface area contributed by atoms with Crippen molar-refractivity contribution in [3.8, 4) is 0 Å². The first-order valence-corrected chi connectivity index (χ1v) is 7.55. The van der Waals surface area contributed by atoms with E-state index in [2.05, 4.69) is 17.1 Å². The van der Waals surface area contributed by atoms with Crippen molar-refractivity contribution in [2.45, 2.75) is 76.2 Å². The van der Waals surface area contributed by atoms with Crippen LogP contribution in [0, 0.1) is 0 Å². The van der Waals surface area contributed by atoms with Crippen LogP contribution in [-0.4, -0.2) is 42.3 Å². The van der Waals surface area contributed by atoms with Crippen LogP contribution in [0.1, 0.15) is 51.9 Å². The molecule has 0 aromatic rings. The van der Waals surface area contributed by atoms with Crippen molar-refractivity contribution in [3.05, 3.63) is 0 Å². The molecule has 2 unspecified atom stereocenters. The van der Waals surface area contributed by atoms with E-state index in [1.807, 2.05) is 0 Å². The Morgan fingerprint density at radius 1 is 1.16 bits per heavy atom. The molecule has 112 valence electrons. The zero-order valence-corrected chi connectivity index (χ0v) is 11.7. The fourth-order valence-corrected chi connectivity index (χ4v) is 3.76. The van der Waals surface area contributed by atoms with E-state index in [0.717, 1.165) is 32.2 Å². The second-order valence-corrected chi connectivity index (χ2v) is 5.92. The maximum atomic E-state index is 12.2. The number of alkyl halides is 3. The molecule has 2 saturated heterocycles. The van der Waals surface area contributed by atoms with E-state index in [0.29, 0.717) is 24.7 Å². The van der Waals surface area contributed by atoms with Gasteiger partial charge in [0.05, 0.1) is 0 Å². The molecule has 2 aliphatic heterocycles. The number of rotatable bonds is 5. The van der Waals surface area contributed by atoms with Crippen LogP contribution in [0.4, 0.5) is 13.2 Å². The lowest BCUT2D eigenvalue weighted by Gasteiger charge is -2.49. The number of hydrogen-bond acceptors (Lipinski definition) is 2. The van der Waals surface area contributed by atoms with Crippen LogP contribution < -0.4 is 5.32 Å². The molecular formula is C14H25F3N2. The highest BCUT2D eigenvalue weighted by molar-refractivity contribution is 4.94. The Morgan fingerprint density at radius 2 is 1.79 bits per heavy atom. The van der Waals surface area contributed by atoms with Gasteiger partial charge in [-0.1, -0.05) is 13.3 Å². The van der Waals surface area contributed by atoms with Crippen molar-refractivity contribution in [1.82, 2.24) is 10.2 Å². The fraction of sp³-hybridized carbons (Fsp3) is 1.00. The summed E-state index contributed by atoms with van der Waals surface area (Å²) in [4.78, 5) is 2.36. The summed E-state index contributed by atoms with van der Waals surface area (Å²) in [6.07, 6.45) is 1.38. The summed E-state index contributed by atoms with van der Waals surface area (Å²) in [6.45, 7) is 3.72. The molecule has 2 bridgehead atoms. The highest BCUT2D eigenvalue weighted by Gasteiger charge is 2.38. The van der Waals surface area contributed by atoms with Crippen LogP contribution in [0.2, 0.25) is 0 Å². The minimum Gasteiger partial charge on any atom is -0.314 e. The molecule has 0 radical (unpaired) electrons. The first kappa shape index (κ1) is 15.1. The van der Waals surface area contributed by atoms with Crippen LogP contribution in [0.15, 0.2) is 0 Å². The number of nitrogens with one attached hydrogen (secondary N) is 1. The van der Waals surface area contributed by atoms with E-state index in [-0.39, 0.29) is 6.42 Å². The quantitative estimate of drug-likeness (QED) is 0.830. The molecule has 0 spiro atoms. The summed E-state index contributed by atoms with van der Waals surface area (Å²) >= 11 is 0. The van der Waals surface area contributed by atoms with E-state index in [1.165, 1.54) is 6.42 Å². The molecule has 0 aromatic carbocycles. The molecule has 5 heteroatoms. The van der Waals surface area contributed by atoms with E-state index in [9.17, 15) is 13.2 Å². The van der Waals surface area contributed by atoms with Crippen LogP contribution in [0.3, 0.4) is 0 Å². The largest absolute Gasteiger partial charge is 0.389 e. The summed E-state index contributed by atoms with van der Waals surface area (Å²) in [5.74, 6) is 0. The number of nitrogens with zero attached hydrogens (tertiary/aromatic N) is 1. The summed E-state index contributed by atoms with van der Waals surface area (Å²) in [6, 6.07) is 1.58. The first-order valence-electron chi connectivity index (χ1n) is 7.55. The molecule has 1 N–H and O–H groups in total. The smallest absolute Gasteiger partial charge is 0.314 e. The van der Waals surface area contributed by atoms with E-state index >= 15 is 0 Å². The van der Waals surface area contributed by atoms with Crippen molar-refractivity contribution in [3.63, 3.8) is 0 Å². The van der Waals surface area contributed by atoms with Crippen molar-refractivity contribution < 1.29 is 13.2 Å². The monoisotopic (exact) mass is 278 g/mol. The second-order valence-electron chi connectivity index (χ2n) is 5.92. The van der Waals surface area contributed by atoms with E-state index < -0.39 is 12.6 Å². The predicted molar refractivity (Wildman–Crippen MR) is 70.1 cm³/mol. The Balaban J connectivity index is 1.84. The lowest BCUT2D eigenvalue weighted by atomic mass is 9.81. The van der Waals surface area contributed by atoms with E-state index in [4.69, 9.17) is 0 Å². The Hall–Kier alpha value is -0.290. The Kier molecular flexibility index (Phi) is 5.12. The third-order valence-corrected chi connectivity index (χ3v) is 4.50. The van der Waals surface area contributed by atoms with Crippen LogP contribution >= 0.6 is 0 Å². The summed E-state index contributed by atoms with van der Waals surface area (Å²) < 4.78 is 36.7. The van der Waals surface area contributed by atoms with Crippen molar-refractivity contribution in [2.24, 2.45) is 0 Å². The highest BCUT2D eigenvalue weighted by Crippen LogP contribution is 2.34. The normalized spacial score (nSPS) is 32.5. The molecule has 2 rings (SSSR count). The van der Waals surface area contributed by atoms with Gasteiger partial charge in [0.15, 0.2) is 0 Å². The minimum atomic E-state index is -4.00. The minimum absolute atomic E-state index is 0.252. The van der Waals surface area contributed by atoms with Gasteiger partial charge in [0.25, 0.3) is 0 Å². The maximum absolute atomic E-state index is 12.2. The number of halogens is 3. The van der Waals surface area contributed by atoms with Crippen molar-refractivity contribution >= 4 is 0 Å². The van der Waals surface area contributed by atoms with Gasteiger partial charge in [-0.05, 0) is 45.2 Å². The molecule has 0 aromatic heterocycles. The van der Waals surface area contributed by atoms with Gasteiger partial charge < -0.3 is 5.32 Å². The molecule has 2 nitrogen and oxygen atoms in total. The van der Waals surface area contributed by atoms with Crippen molar-refractivity contribution in [1.29, 1.82) is 0 Å². The standard InChI is InChI=1S/C14H25F3N2/c1-2-18-11-9-12-5-3-6-13(10-11)19(12)8-4-7-14(15,16)17/h11-13,18H,2-10H2,1H3. The Labute approximate surface area is 113 Å². The van der Waals surface area contributed by atoms with Gasteiger partial charge >= 0.3 is 6.18 Å². The van der Waals surface area contributed by atoms with Crippen LogP contribution in [0.25, 0.3) is 0 Å². The topological polar surface area (TPSA) is 15.3 Å². The fourth-order valence-electron chi connectivity index (χ4n) is 3.76. The number of piperidine rings is 2. The maximum Gasteiger partial charge on any atom is 0.389 e. The number of fused-ring (bicyclic) bond motifs is 2. The zero-order chi connectivity index (χ0) is 13.9. The zero-order valence-electron chi connectivity index (χ0n) is 11.7.